The van der Waals surface area contributed by atoms with Gasteiger partial charge in [-0.25, -0.2) is 4.79 Å². The molecule has 5 nitrogen and oxygen atoms in total. The fourth-order valence-corrected chi connectivity index (χ4v) is 2.31. The van der Waals surface area contributed by atoms with Crippen LogP contribution in [0, 0.1) is 5.92 Å². The third kappa shape index (κ3) is 3.11. The van der Waals surface area contributed by atoms with Crippen LogP contribution < -0.4 is 5.32 Å². The van der Waals surface area contributed by atoms with Crippen molar-refractivity contribution in [3.8, 4) is 0 Å². The van der Waals surface area contributed by atoms with Gasteiger partial charge in [-0.05, 0) is 26.2 Å². The Hall–Kier alpha value is -1.26. The molecule has 0 aromatic heterocycles. The summed E-state index contributed by atoms with van der Waals surface area (Å²) in [7, 11) is 0. The number of carbonyl (C=O) groups is 2. The normalized spacial score (nSPS) is 24.1. The molecule has 17 heavy (non-hydrogen) atoms. The van der Waals surface area contributed by atoms with Crippen molar-refractivity contribution >= 4 is 12.0 Å². The van der Waals surface area contributed by atoms with Gasteiger partial charge < -0.3 is 15.3 Å². The molecular formula is C12H22N2O3. The van der Waals surface area contributed by atoms with Gasteiger partial charge >= 0.3 is 12.0 Å². The Balaban J connectivity index is 2.57. The van der Waals surface area contributed by atoms with E-state index in [9.17, 15) is 9.59 Å². The molecule has 0 saturated carbocycles. The molecule has 2 unspecified atom stereocenters. The minimum atomic E-state index is -0.810. The molecule has 1 heterocycles. The van der Waals surface area contributed by atoms with E-state index in [2.05, 4.69) is 5.32 Å². The molecule has 0 spiro atoms. The van der Waals surface area contributed by atoms with Gasteiger partial charge in [0, 0.05) is 18.6 Å². The molecule has 1 rings (SSSR count). The lowest BCUT2D eigenvalue weighted by Gasteiger charge is -2.26. The van der Waals surface area contributed by atoms with E-state index in [0.29, 0.717) is 13.0 Å². The summed E-state index contributed by atoms with van der Waals surface area (Å²) >= 11 is 0. The first-order chi connectivity index (χ1) is 8.01. The van der Waals surface area contributed by atoms with E-state index in [1.54, 1.807) is 11.8 Å². The van der Waals surface area contributed by atoms with Crippen LogP contribution in [0.2, 0.25) is 0 Å². The second kappa shape index (κ2) is 5.89. The van der Waals surface area contributed by atoms with Crippen LogP contribution in [0.5, 0.6) is 0 Å². The van der Waals surface area contributed by atoms with Gasteiger partial charge in [0.2, 0.25) is 0 Å². The fourth-order valence-electron chi connectivity index (χ4n) is 2.31. The van der Waals surface area contributed by atoms with Gasteiger partial charge in [-0.15, -0.1) is 0 Å². The zero-order valence-corrected chi connectivity index (χ0v) is 10.8. The molecule has 1 fully saturated rings. The van der Waals surface area contributed by atoms with Crippen LogP contribution in [0.3, 0.4) is 0 Å². The summed E-state index contributed by atoms with van der Waals surface area (Å²) in [6.07, 6.45) is 2.34. The van der Waals surface area contributed by atoms with E-state index in [4.69, 9.17) is 5.11 Å². The van der Waals surface area contributed by atoms with Gasteiger partial charge in [0.15, 0.2) is 0 Å². The average molecular weight is 242 g/mol. The molecule has 0 aromatic rings. The van der Waals surface area contributed by atoms with Gasteiger partial charge in [0.05, 0.1) is 5.92 Å². The second-order valence-electron chi connectivity index (χ2n) is 4.63. The molecule has 2 amide bonds. The van der Waals surface area contributed by atoms with Crippen molar-refractivity contribution in [2.75, 3.05) is 6.54 Å². The second-order valence-corrected chi connectivity index (χ2v) is 4.63. The number of aliphatic carboxylic acids is 1. The Morgan fingerprint density at radius 3 is 2.41 bits per heavy atom. The highest BCUT2D eigenvalue weighted by atomic mass is 16.4. The standard InChI is InChI=1S/C12H22N2O3/c1-4-9(5-2)13-12(17)14-7-6-10(8(14)3)11(15)16/h8-10H,4-7H2,1-3H3,(H,13,17)(H,15,16). The predicted octanol–water partition coefficient (Wildman–Crippen LogP) is 1.68. The number of hydrogen-bond acceptors (Lipinski definition) is 2. The van der Waals surface area contributed by atoms with E-state index in [1.807, 2.05) is 13.8 Å². The lowest BCUT2D eigenvalue weighted by atomic mass is 10.0. The lowest BCUT2D eigenvalue weighted by Crippen LogP contribution is -2.47. The maximum atomic E-state index is 12.0. The molecule has 2 N–H and O–H groups in total. The number of carboxylic acids is 1. The van der Waals surface area contributed by atoms with E-state index in [-0.39, 0.29) is 18.1 Å². The van der Waals surface area contributed by atoms with Crippen molar-refractivity contribution in [1.82, 2.24) is 10.2 Å². The van der Waals surface area contributed by atoms with Crippen molar-refractivity contribution in [3.05, 3.63) is 0 Å². The van der Waals surface area contributed by atoms with Gasteiger partial charge in [0.1, 0.15) is 0 Å². The maximum Gasteiger partial charge on any atom is 0.317 e. The van der Waals surface area contributed by atoms with Crippen molar-refractivity contribution in [2.24, 2.45) is 5.92 Å². The summed E-state index contributed by atoms with van der Waals surface area (Å²) in [6.45, 7) is 6.40. The topological polar surface area (TPSA) is 69.6 Å². The van der Waals surface area contributed by atoms with Gasteiger partial charge in [0.25, 0.3) is 0 Å². The van der Waals surface area contributed by atoms with Crippen LogP contribution in [-0.4, -0.2) is 40.6 Å². The fraction of sp³-hybridized carbons (Fsp3) is 0.833. The minimum absolute atomic E-state index is 0.130. The Morgan fingerprint density at radius 2 is 2.00 bits per heavy atom. The number of carboxylic acid groups (broad SMARTS) is 1. The maximum absolute atomic E-state index is 12.0. The monoisotopic (exact) mass is 242 g/mol. The van der Waals surface area contributed by atoms with Crippen molar-refractivity contribution in [1.29, 1.82) is 0 Å². The zero-order valence-electron chi connectivity index (χ0n) is 10.8. The molecule has 1 saturated heterocycles. The van der Waals surface area contributed by atoms with Crippen LogP contribution >= 0.6 is 0 Å². The number of hydrogen-bond donors (Lipinski definition) is 2. The summed E-state index contributed by atoms with van der Waals surface area (Å²) in [4.78, 5) is 24.6. The number of urea groups is 1. The Labute approximate surface area is 102 Å². The summed E-state index contributed by atoms with van der Waals surface area (Å²) in [5.41, 5.74) is 0. The summed E-state index contributed by atoms with van der Waals surface area (Å²) in [6, 6.07) is -0.171. The number of likely N-dealkylation sites (tertiary alicyclic amines) is 1. The number of nitrogens with zero attached hydrogens (tertiary/aromatic N) is 1. The molecule has 1 aliphatic heterocycles. The van der Waals surface area contributed by atoms with Crippen LogP contribution in [0.25, 0.3) is 0 Å². The SMILES string of the molecule is CCC(CC)NC(=O)N1CCC(C(=O)O)C1C. The van der Waals surface area contributed by atoms with Gasteiger partial charge in [-0.1, -0.05) is 13.8 Å². The van der Waals surface area contributed by atoms with Crippen molar-refractivity contribution in [2.45, 2.75) is 52.1 Å². The first kappa shape index (κ1) is 13.8. The van der Waals surface area contributed by atoms with Gasteiger partial charge in [-0.2, -0.15) is 0 Å². The van der Waals surface area contributed by atoms with E-state index in [0.717, 1.165) is 12.8 Å². The molecule has 5 heteroatoms. The predicted molar refractivity (Wildman–Crippen MR) is 64.8 cm³/mol. The molecular weight excluding hydrogens is 220 g/mol. The first-order valence-corrected chi connectivity index (χ1v) is 6.31. The van der Waals surface area contributed by atoms with E-state index < -0.39 is 11.9 Å². The quantitative estimate of drug-likeness (QED) is 0.788. The highest BCUT2D eigenvalue weighted by Crippen LogP contribution is 2.24. The number of carbonyl (C=O) groups excluding carboxylic acids is 1. The molecule has 0 aliphatic carbocycles. The average Bonchev–Trinajstić information content (AvgIpc) is 2.67. The van der Waals surface area contributed by atoms with Gasteiger partial charge in [-0.3, -0.25) is 4.79 Å². The highest BCUT2D eigenvalue weighted by Gasteiger charge is 2.38. The van der Waals surface area contributed by atoms with Crippen LogP contribution in [0.4, 0.5) is 4.79 Å². The van der Waals surface area contributed by atoms with E-state index in [1.165, 1.54) is 0 Å². The smallest absolute Gasteiger partial charge is 0.317 e. The number of amides is 2. The highest BCUT2D eigenvalue weighted by molar-refractivity contribution is 5.78. The summed E-state index contributed by atoms with van der Waals surface area (Å²) < 4.78 is 0. The van der Waals surface area contributed by atoms with E-state index >= 15 is 0 Å². The van der Waals surface area contributed by atoms with Crippen LogP contribution in [-0.2, 0) is 4.79 Å². The Bertz CT molecular complexity index is 289. The number of rotatable bonds is 4. The van der Waals surface area contributed by atoms with Crippen molar-refractivity contribution < 1.29 is 14.7 Å². The largest absolute Gasteiger partial charge is 0.481 e. The van der Waals surface area contributed by atoms with Crippen LogP contribution in [0.1, 0.15) is 40.0 Å². The zero-order chi connectivity index (χ0) is 13.0. The third-order valence-electron chi connectivity index (χ3n) is 3.65. The molecule has 0 radical (unpaired) electrons. The molecule has 98 valence electrons. The first-order valence-electron chi connectivity index (χ1n) is 6.31. The molecule has 2 atom stereocenters. The summed E-state index contributed by atoms with van der Waals surface area (Å²) in [5.74, 6) is -1.24. The lowest BCUT2D eigenvalue weighted by molar-refractivity contribution is -0.142. The van der Waals surface area contributed by atoms with Crippen LogP contribution in [0.15, 0.2) is 0 Å². The minimum Gasteiger partial charge on any atom is -0.481 e. The van der Waals surface area contributed by atoms with Crippen molar-refractivity contribution in [3.63, 3.8) is 0 Å². The molecule has 0 aromatic carbocycles. The number of nitrogens with one attached hydrogen (secondary N) is 1. The Kier molecular flexibility index (Phi) is 4.78. The molecule has 0 bridgehead atoms. The Morgan fingerprint density at radius 1 is 1.41 bits per heavy atom. The summed E-state index contributed by atoms with van der Waals surface area (Å²) in [5, 5.41) is 11.9. The third-order valence-corrected chi connectivity index (χ3v) is 3.65. The molecule has 1 aliphatic rings.